The van der Waals surface area contributed by atoms with Crippen LogP contribution >= 0.6 is 0 Å². The summed E-state index contributed by atoms with van der Waals surface area (Å²) in [6.45, 7) is 2.14. The van der Waals surface area contributed by atoms with E-state index in [-0.39, 0.29) is 17.7 Å². The standard InChI is InChI=1S/C16H19NO3/c1-2-20-16(19)12-7-9-14(10-8-12)17-11-13-5-3-4-6-15(13)18/h7-11,13H,2-6H2,1H3/t13-/m0/s1. The Labute approximate surface area is 118 Å². The molecule has 0 amide bonds. The molecule has 0 aromatic heterocycles. The van der Waals surface area contributed by atoms with Crippen LogP contribution in [0.1, 0.15) is 43.0 Å². The van der Waals surface area contributed by atoms with Gasteiger partial charge in [-0.25, -0.2) is 4.79 Å². The van der Waals surface area contributed by atoms with Gasteiger partial charge in [-0.1, -0.05) is 6.42 Å². The molecule has 0 heterocycles. The minimum atomic E-state index is -0.328. The van der Waals surface area contributed by atoms with E-state index in [1.54, 1.807) is 37.4 Å². The van der Waals surface area contributed by atoms with Crippen molar-refractivity contribution < 1.29 is 14.3 Å². The highest BCUT2D eigenvalue weighted by molar-refractivity contribution is 5.96. The Morgan fingerprint density at radius 3 is 2.75 bits per heavy atom. The summed E-state index contributed by atoms with van der Waals surface area (Å²) < 4.78 is 4.91. The van der Waals surface area contributed by atoms with E-state index in [0.717, 1.165) is 24.9 Å². The monoisotopic (exact) mass is 273 g/mol. The number of carbonyl (C=O) groups is 2. The number of ketones is 1. The molecule has 1 fully saturated rings. The number of Topliss-reactive ketones (excluding diaryl/α,β-unsaturated/α-hetero) is 1. The molecule has 0 saturated heterocycles. The maximum atomic E-state index is 11.7. The quantitative estimate of drug-likeness (QED) is 0.624. The molecule has 1 aromatic carbocycles. The number of aliphatic imine (C=N–C) groups is 1. The Balaban J connectivity index is 1.99. The van der Waals surface area contributed by atoms with Gasteiger partial charge < -0.3 is 4.74 Å². The van der Waals surface area contributed by atoms with Crippen molar-refractivity contribution in [3.63, 3.8) is 0 Å². The lowest BCUT2D eigenvalue weighted by Crippen LogP contribution is -2.19. The Bertz CT molecular complexity index is 505. The molecule has 1 aromatic rings. The van der Waals surface area contributed by atoms with E-state index in [0.29, 0.717) is 18.6 Å². The molecular weight excluding hydrogens is 254 g/mol. The van der Waals surface area contributed by atoms with Crippen molar-refractivity contribution in [2.75, 3.05) is 6.61 Å². The molecule has 0 N–H and O–H groups in total. The first kappa shape index (κ1) is 14.4. The van der Waals surface area contributed by atoms with Gasteiger partial charge in [0, 0.05) is 12.6 Å². The SMILES string of the molecule is CCOC(=O)c1ccc(N=C[C@@H]2CCCCC2=O)cc1. The average molecular weight is 273 g/mol. The number of hydrogen-bond donors (Lipinski definition) is 0. The smallest absolute Gasteiger partial charge is 0.338 e. The summed E-state index contributed by atoms with van der Waals surface area (Å²) in [6.07, 6.45) is 5.38. The number of carbonyl (C=O) groups excluding carboxylic acids is 2. The molecule has 0 radical (unpaired) electrons. The van der Waals surface area contributed by atoms with Crippen LogP contribution < -0.4 is 0 Å². The summed E-state index contributed by atoms with van der Waals surface area (Å²) >= 11 is 0. The lowest BCUT2D eigenvalue weighted by Gasteiger charge is -2.15. The van der Waals surface area contributed by atoms with Crippen molar-refractivity contribution in [1.29, 1.82) is 0 Å². The maximum Gasteiger partial charge on any atom is 0.338 e. The lowest BCUT2D eigenvalue weighted by molar-refractivity contribution is -0.122. The molecule has 1 atom stereocenters. The maximum absolute atomic E-state index is 11.7. The van der Waals surface area contributed by atoms with Crippen LogP contribution in [0.5, 0.6) is 0 Å². The van der Waals surface area contributed by atoms with Crippen LogP contribution in [0.2, 0.25) is 0 Å². The number of benzene rings is 1. The number of esters is 1. The zero-order chi connectivity index (χ0) is 14.4. The van der Waals surface area contributed by atoms with E-state index in [1.165, 1.54) is 0 Å². The van der Waals surface area contributed by atoms with E-state index in [2.05, 4.69) is 4.99 Å². The Kier molecular flexibility index (Phi) is 5.04. The van der Waals surface area contributed by atoms with Gasteiger partial charge in [0.05, 0.1) is 23.8 Å². The summed E-state index contributed by atoms with van der Waals surface area (Å²) in [4.78, 5) is 27.5. The molecule has 0 unspecified atom stereocenters. The fraction of sp³-hybridized carbons (Fsp3) is 0.438. The van der Waals surface area contributed by atoms with Crippen molar-refractivity contribution in [1.82, 2.24) is 0 Å². The molecule has 106 valence electrons. The van der Waals surface area contributed by atoms with Gasteiger partial charge in [-0.05, 0) is 44.0 Å². The van der Waals surface area contributed by atoms with Crippen LogP contribution in [-0.2, 0) is 9.53 Å². The number of hydrogen-bond acceptors (Lipinski definition) is 4. The van der Waals surface area contributed by atoms with E-state index < -0.39 is 0 Å². The van der Waals surface area contributed by atoms with Crippen molar-refractivity contribution in [2.24, 2.45) is 10.9 Å². The van der Waals surface area contributed by atoms with Crippen LogP contribution in [-0.4, -0.2) is 24.6 Å². The Hall–Kier alpha value is -1.97. The van der Waals surface area contributed by atoms with E-state index in [1.807, 2.05) is 0 Å². The molecule has 1 saturated carbocycles. The Morgan fingerprint density at radius 1 is 1.35 bits per heavy atom. The third-order valence-electron chi connectivity index (χ3n) is 3.38. The molecule has 0 spiro atoms. The summed E-state index contributed by atoms with van der Waals surface area (Å²) in [6, 6.07) is 6.90. The first-order valence-corrected chi connectivity index (χ1v) is 7.05. The van der Waals surface area contributed by atoms with Crippen LogP contribution in [0.15, 0.2) is 29.3 Å². The second-order valence-electron chi connectivity index (χ2n) is 4.86. The zero-order valence-electron chi connectivity index (χ0n) is 11.7. The normalized spacial score (nSPS) is 19.2. The van der Waals surface area contributed by atoms with Crippen LogP contribution in [0.3, 0.4) is 0 Å². The van der Waals surface area contributed by atoms with Gasteiger partial charge in [0.1, 0.15) is 5.78 Å². The van der Waals surface area contributed by atoms with Crippen molar-refractivity contribution >= 4 is 23.7 Å². The summed E-state index contributed by atoms with van der Waals surface area (Å²) in [5.41, 5.74) is 1.26. The van der Waals surface area contributed by atoms with Crippen LogP contribution in [0, 0.1) is 5.92 Å². The third-order valence-corrected chi connectivity index (χ3v) is 3.38. The number of ether oxygens (including phenoxy) is 1. The predicted octanol–water partition coefficient (Wildman–Crippen LogP) is 3.32. The first-order chi connectivity index (χ1) is 9.70. The van der Waals surface area contributed by atoms with E-state index >= 15 is 0 Å². The van der Waals surface area contributed by atoms with Crippen molar-refractivity contribution in [3.05, 3.63) is 29.8 Å². The summed E-state index contributed by atoms with van der Waals surface area (Å²) in [5.74, 6) is -0.0953. The van der Waals surface area contributed by atoms with E-state index in [9.17, 15) is 9.59 Å². The summed E-state index contributed by atoms with van der Waals surface area (Å²) in [5, 5.41) is 0. The van der Waals surface area contributed by atoms with Crippen molar-refractivity contribution in [3.8, 4) is 0 Å². The van der Waals surface area contributed by atoms with Gasteiger partial charge in [0.25, 0.3) is 0 Å². The van der Waals surface area contributed by atoms with Gasteiger partial charge in [0.2, 0.25) is 0 Å². The minimum Gasteiger partial charge on any atom is -0.462 e. The molecule has 4 nitrogen and oxygen atoms in total. The zero-order valence-corrected chi connectivity index (χ0v) is 11.7. The molecule has 2 rings (SSSR count). The Morgan fingerprint density at radius 2 is 2.10 bits per heavy atom. The lowest BCUT2D eigenvalue weighted by atomic mass is 9.89. The summed E-state index contributed by atoms with van der Waals surface area (Å²) in [7, 11) is 0. The van der Waals surface area contributed by atoms with Gasteiger partial charge in [-0.15, -0.1) is 0 Å². The average Bonchev–Trinajstić information content (AvgIpc) is 2.47. The highest BCUT2D eigenvalue weighted by Gasteiger charge is 2.19. The van der Waals surface area contributed by atoms with Crippen LogP contribution in [0.25, 0.3) is 0 Å². The molecular formula is C16H19NO3. The van der Waals surface area contributed by atoms with Gasteiger partial charge in [-0.3, -0.25) is 9.79 Å². The highest BCUT2D eigenvalue weighted by atomic mass is 16.5. The second-order valence-corrected chi connectivity index (χ2v) is 4.86. The first-order valence-electron chi connectivity index (χ1n) is 7.05. The highest BCUT2D eigenvalue weighted by Crippen LogP contribution is 2.20. The molecule has 1 aliphatic carbocycles. The third kappa shape index (κ3) is 3.76. The predicted molar refractivity (Wildman–Crippen MR) is 77.5 cm³/mol. The number of nitrogens with zero attached hydrogens (tertiary/aromatic N) is 1. The van der Waals surface area contributed by atoms with Crippen LogP contribution in [0.4, 0.5) is 5.69 Å². The second kappa shape index (κ2) is 6.98. The molecule has 4 heteroatoms. The van der Waals surface area contributed by atoms with Gasteiger partial charge >= 0.3 is 5.97 Å². The van der Waals surface area contributed by atoms with E-state index in [4.69, 9.17) is 4.74 Å². The topological polar surface area (TPSA) is 55.7 Å². The van der Waals surface area contributed by atoms with Gasteiger partial charge in [-0.2, -0.15) is 0 Å². The van der Waals surface area contributed by atoms with Gasteiger partial charge in [0.15, 0.2) is 0 Å². The molecule has 1 aliphatic rings. The largest absolute Gasteiger partial charge is 0.462 e. The van der Waals surface area contributed by atoms with Crippen molar-refractivity contribution in [2.45, 2.75) is 32.6 Å². The molecule has 0 bridgehead atoms. The fourth-order valence-electron chi connectivity index (χ4n) is 2.24. The minimum absolute atomic E-state index is 0.0477. The molecule has 0 aliphatic heterocycles. The number of rotatable bonds is 4. The fourth-order valence-corrected chi connectivity index (χ4v) is 2.24. The molecule has 20 heavy (non-hydrogen) atoms.